The highest BCUT2D eigenvalue weighted by Crippen LogP contribution is 2.54. The fourth-order valence-electron chi connectivity index (χ4n) is 7.64. The molecule has 1 saturated carbocycles. The number of carbonyl (C=O) groups is 4. The summed E-state index contributed by atoms with van der Waals surface area (Å²) in [6, 6.07) is 31.8. The molecule has 8 heteroatoms. The van der Waals surface area contributed by atoms with Gasteiger partial charge in [-0.3, -0.25) is 19.2 Å². The van der Waals surface area contributed by atoms with E-state index >= 15 is 0 Å². The van der Waals surface area contributed by atoms with E-state index < -0.39 is 17.6 Å². The van der Waals surface area contributed by atoms with Gasteiger partial charge in [0.1, 0.15) is 17.3 Å². The second-order valence-electron chi connectivity index (χ2n) is 12.5. The van der Waals surface area contributed by atoms with E-state index in [1.54, 1.807) is 46.2 Å². The molecule has 3 fully saturated rings. The van der Waals surface area contributed by atoms with Crippen LogP contribution in [0.3, 0.4) is 0 Å². The van der Waals surface area contributed by atoms with Gasteiger partial charge >= 0.3 is 0 Å². The Bertz CT molecular complexity index is 2060. The first-order valence-electron chi connectivity index (χ1n) is 15.6. The number of hydrogen-bond donors (Lipinski definition) is 2. The van der Waals surface area contributed by atoms with Crippen LogP contribution in [0.15, 0.2) is 109 Å². The summed E-state index contributed by atoms with van der Waals surface area (Å²) in [5.74, 6) is -1.33. The number of ketones is 1. The second-order valence-corrected chi connectivity index (χ2v) is 12.5. The van der Waals surface area contributed by atoms with Crippen molar-refractivity contribution in [1.29, 1.82) is 0 Å². The van der Waals surface area contributed by atoms with E-state index in [-0.39, 0.29) is 41.7 Å². The van der Waals surface area contributed by atoms with Gasteiger partial charge in [-0.1, -0.05) is 84.9 Å². The summed E-state index contributed by atoms with van der Waals surface area (Å²) < 4.78 is 0. The molecule has 3 amide bonds. The van der Waals surface area contributed by atoms with Crippen LogP contribution >= 0.6 is 0 Å². The molecule has 5 aromatic rings. The molecule has 0 radical (unpaired) electrons. The van der Waals surface area contributed by atoms with E-state index in [1.165, 1.54) is 0 Å². The number of fused-ring (bicyclic) bond motifs is 3. The highest BCUT2D eigenvalue weighted by atomic mass is 16.3. The van der Waals surface area contributed by atoms with Gasteiger partial charge in [0.15, 0.2) is 5.78 Å². The third kappa shape index (κ3) is 4.35. The number of hydrogen-bond acceptors (Lipinski definition) is 5. The van der Waals surface area contributed by atoms with Crippen molar-refractivity contribution in [3.8, 4) is 5.75 Å². The molecule has 2 N–H and O–H groups in total. The van der Waals surface area contributed by atoms with E-state index in [0.29, 0.717) is 30.5 Å². The summed E-state index contributed by atoms with van der Waals surface area (Å²) in [6.45, 7) is 0.228. The minimum Gasteiger partial charge on any atom is -0.508 e. The number of phenols is 1. The molecular formula is C38H31N3O5. The molecule has 5 aromatic carbocycles. The van der Waals surface area contributed by atoms with Crippen LogP contribution in [0.25, 0.3) is 21.5 Å². The van der Waals surface area contributed by atoms with Crippen LogP contribution in [0.5, 0.6) is 5.75 Å². The number of amides is 3. The lowest BCUT2D eigenvalue weighted by atomic mass is 10.0. The van der Waals surface area contributed by atoms with Crippen molar-refractivity contribution < 1.29 is 24.3 Å². The van der Waals surface area contributed by atoms with Crippen molar-refractivity contribution in [2.75, 3.05) is 13.1 Å². The monoisotopic (exact) mass is 609 g/mol. The predicted molar refractivity (Wildman–Crippen MR) is 174 cm³/mol. The number of nitrogens with one attached hydrogen (secondary N) is 1. The standard InChI is InChI=1S/C38H31N3O5/c42-26-17-15-25(16-18-26)31-21-38(31,39-35(44)29-13-5-9-23-7-1-3-11-27(23)29)37(46)40-20-19-32-34(40)33(43)22-41(32)36(45)30-14-6-10-24-8-2-4-12-28(24)30/h1-18,31-32,34,42H,19-22H2,(H,39,44)/t31?,32-,34+,38?/m1/s1. The van der Waals surface area contributed by atoms with Crippen LogP contribution < -0.4 is 5.32 Å². The SMILES string of the molecule is O=C(NC1(C(=O)N2CC[C@@H]3[C@H]2C(=O)CN3C(=O)c2cccc3ccccc23)CC1c1ccc(O)cc1)c1cccc2ccccc12. The van der Waals surface area contributed by atoms with Crippen LogP contribution in [-0.2, 0) is 9.59 Å². The van der Waals surface area contributed by atoms with E-state index in [1.807, 2.05) is 72.8 Å². The second kappa shape index (κ2) is 10.5. The average molecular weight is 610 g/mol. The van der Waals surface area contributed by atoms with Gasteiger partial charge in [-0.2, -0.15) is 0 Å². The van der Waals surface area contributed by atoms with E-state index in [0.717, 1.165) is 27.1 Å². The average Bonchev–Trinajstić information content (AvgIpc) is 3.47. The molecular weight excluding hydrogens is 578 g/mol. The summed E-state index contributed by atoms with van der Waals surface area (Å²) in [7, 11) is 0. The van der Waals surface area contributed by atoms with Gasteiger partial charge in [-0.15, -0.1) is 0 Å². The van der Waals surface area contributed by atoms with Crippen molar-refractivity contribution in [3.63, 3.8) is 0 Å². The zero-order valence-corrected chi connectivity index (χ0v) is 24.9. The van der Waals surface area contributed by atoms with Crippen molar-refractivity contribution in [3.05, 3.63) is 126 Å². The van der Waals surface area contributed by atoms with Crippen LogP contribution in [-0.4, -0.2) is 69.1 Å². The van der Waals surface area contributed by atoms with Gasteiger partial charge in [0, 0.05) is 23.6 Å². The van der Waals surface area contributed by atoms with Crippen molar-refractivity contribution in [2.45, 2.75) is 36.4 Å². The fraction of sp³-hybridized carbons (Fsp3) is 0.211. The highest BCUT2D eigenvalue weighted by Gasteiger charge is 2.65. The molecule has 46 heavy (non-hydrogen) atoms. The third-order valence-corrected chi connectivity index (χ3v) is 9.97. The van der Waals surface area contributed by atoms with Gasteiger partial charge in [0.25, 0.3) is 11.8 Å². The molecule has 2 saturated heterocycles. The van der Waals surface area contributed by atoms with Gasteiger partial charge < -0.3 is 20.2 Å². The minimum absolute atomic E-state index is 0.0715. The lowest BCUT2D eigenvalue weighted by molar-refractivity contribution is -0.139. The molecule has 3 aliphatic rings. The van der Waals surface area contributed by atoms with Crippen LogP contribution in [0, 0.1) is 0 Å². The van der Waals surface area contributed by atoms with Crippen LogP contribution in [0.2, 0.25) is 0 Å². The summed E-state index contributed by atoms with van der Waals surface area (Å²) in [4.78, 5) is 59.3. The molecule has 2 heterocycles. The Kier molecular flexibility index (Phi) is 6.42. The summed E-state index contributed by atoms with van der Waals surface area (Å²) in [6.07, 6.45) is 0.823. The van der Waals surface area contributed by atoms with Crippen LogP contribution in [0.1, 0.15) is 45.0 Å². The Balaban J connectivity index is 1.11. The smallest absolute Gasteiger partial charge is 0.255 e. The number of Topliss-reactive ketones (excluding diaryl/α,β-unsaturated/α-hetero) is 1. The largest absolute Gasteiger partial charge is 0.508 e. The summed E-state index contributed by atoms with van der Waals surface area (Å²) >= 11 is 0. The van der Waals surface area contributed by atoms with Crippen molar-refractivity contribution >= 4 is 45.0 Å². The summed E-state index contributed by atoms with van der Waals surface area (Å²) in [5, 5.41) is 16.5. The number of likely N-dealkylation sites (tertiary alicyclic amines) is 2. The number of rotatable bonds is 5. The number of benzene rings is 5. The Morgan fingerprint density at radius 3 is 2.04 bits per heavy atom. The third-order valence-electron chi connectivity index (χ3n) is 9.97. The maximum absolute atomic E-state index is 14.6. The Labute approximate surface area is 265 Å². The van der Waals surface area contributed by atoms with Gasteiger partial charge in [0.05, 0.1) is 12.6 Å². The quantitative estimate of drug-likeness (QED) is 0.290. The molecule has 4 atom stereocenters. The van der Waals surface area contributed by atoms with Crippen LogP contribution in [0.4, 0.5) is 0 Å². The highest BCUT2D eigenvalue weighted by molar-refractivity contribution is 6.12. The Morgan fingerprint density at radius 1 is 0.739 bits per heavy atom. The first-order chi connectivity index (χ1) is 22.4. The van der Waals surface area contributed by atoms with Crippen molar-refractivity contribution in [2.24, 2.45) is 0 Å². The molecule has 0 spiro atoms. The first kappa shape index (κ1) is 28.0. The molecule has 8 rings (SSSR count). The number of phenolic OH excluding ortho intramolecular Hbond substituents is 1. The fourth-order valence-corrected chi connectivity index (χ4v) is 7.64. The Hall–Kier alpha value is -5.50. The Morgan fingerprint density at radius 2 is 1.35 bits per heavy atom. The predicted octanol–water partition coefficient (Wildman–Crippen LogP) is 5.05. The molecule has 2 aliphatic heterocycles. The van der Waals surface area contributed by atoms with E-state index in [2.05, 4.69) is 5.32 Å². The number of aromatic hydroxyl groups is 1. The summed E-state index contributed by atoms with van der Waals surface area (Å²) in [5.41, 5.74) is 0.535. The maximum Gasteiger partial charge on any atom is 0.255 e. The van der Waals surface area contributed by atoms with Gasteiger partial charge in [-0.05, 0) is 64.2 Å². The normalized spacial score (nSPS) is 23.5. The molecule has 1 aliphatic carbocycles. The first-order valence-corrected chi connectivity index (χ1v) is 15.6. The van der Waals surface area contributed by atoms with E-state index in [4.69, 9.17) is 0 Å². The van der Waals surface area contributed by atoms with Gasteiger partial charge in [-0.25, -0.2) is 0 Å². The molecule has 0 bridgehead atoms. The number of nitrogens with zero attached hydrogens (tertiary/aromatic N) is 2. The lowest BCUT2D eigenvalue weighted by Gasteiger charge is -2.29. The zero-order chi connectivity index (χ0) is 31.6. The topological polar surface area (TPSA) is 107 Å². The maximum atomic E-state index is 14.6. The van der Waals surface area contributed by atoms with Crippen molar-refractivity contribution in [1.82, 2.24) is 15.1 Å². The molecule has 2 unspecified atom stereocenters. The molecule has 8 nitrogen and oxygen atoms in total. The van der Waals surface area contributed by atoms with E-state index in [9.17, 15) is 24.3 Å². The molecule has 0 aromatic heterocycles. The zero-order valence-electron chi connectivity index (χ0n) is 24.9. The number of carbonyl (C=O) groups excluding carboxylic acids is 4. The molecule has 228 valence electrons. The minimum atomic E-state index is -1.27. The van der Waals surface area contributed by atoms with Gasteiger partial charge in [0.2, 0.25) is 5.91 Å². The lowest BCUT2D eigenvalue weighted by Crippen LogP contribution is -2.55.